The van der Waals surface area contributed by atoms with Gasteiger partial charge in [-0.05, 0) is 33.0 Å². The highest BCUT2D eigenvalue weighted by atomic mass is 16.5. The highest BCUT2D eigenvalue weighted by Gasteiger charge is 2.35. The van der Waals surface area contributed by atoms with Gasteiger partial charge in [0.1, 0.15) is 11.5 Å². The lowest BCUT2D eigenvalue weighted by Gasteiger charge is -2.36. The van der Waals surface area contributed by atoms with Crippen LogP contribution in [0.3, 0.4) is 0 Å². The Hall–Kier alpha value is -1.26. The quantitative estimate of drug-likeness (QED) is 0.838. The minimum absolute atomic E-state index is 0.319. The summed E-state index contributed by atoms with van der Waals surface area (Å²) in [6.45, 7) is 1.85. The number of ether oxygens (including phenoxy) is 2. The van der Waals surface area contributed by atoms with Crippen molar-refractivity contribution in [2.24, 2.45) is 0 Å². The van der Waals surface area contributed by atoms with Crippen molar-refractivity contribution in [2.75, 3.05) is 34.9 Å². The summed E-state index contributed by atoms with van der Waals surface area (Å²) >= 11 is 0. The van der Waals surface area contributed by atoms with Crippen LogP contribution in [0.2, 0.25) is 0 Å². The summed E-state index contributed by atoms with van der Waals surface area (Å²) in [6, 6.07) is 5.99. The first-order chi connectivity index (χ1) is 10.1. The first kappa shape index (κ1) is 16.1. The number of nitrogens with zero attached hydrogens (tertiary/aromatic N) is 1. The lowest BCUT2D eigenvalue weighted by molar-refractivity contribution is 0.153. The highest BCUT2D eigenvalue weighted by molar-refractivity contribution is 5.40. The fourth-order valence-corrected chi connectivity index (χ4v) is 3.24. The second-order valence-electron chi connectivity index (χ2n) is 6.11. The Labute approximate surface area is 128 Å². The lowest BCUT2D eigenvalue weighted by atomic mass is 9.96. The summed E-state index contributed by atoms with van der Waals surface area (Å²) in [5.41, 5.74) is 1.49. The maximum Gasteiger partial charge on any atom is 0.127 e. The molecule has 0 unspecified atom stereocenters. The van der Waals surface area contributed by atoms with E-state index in [1.807, 2.05) is 12.1 Å². The van der Waals surface area contributed by atoms with Crippen molar-refractivity contribution in [3.63, 3.8) is 0 Å². The molecule has 21 heavy (non-hydrogen) atoms. The summed E-state index contributed by atoms with van der Waals surface area (Å²) in [6.07, 6.45) is 5.25. The summed E-state index contributed by atoms with van der Waals surface area (Å²) in [4.78, 5) is 2.39. The molecular formula is C17H28N2O2. The largest absolute Gasteiger partial charge is 0.497 e. The molecule has 1 aliphatic carbocycles. The van der Waals surface area contributed by atoms with E-state index in [4.69, 9.17) is 9.47 Å². The van der Waals surface area contributed by atoms with Crippen LogP contribution in [0.25, 0.3) is 0 Å². The maximum atomic E-state index is 5.45. The molecule has 118 valence electrons. The second kappa shape index (κ2) is 7.14. The number of benzene rings is 1. The predicted molar refractivity (Wildman–Crippen MR) is 86.1 cm³/mol. The Balaban J connectivity index is 1.96. The predicted octanol–water partition coefficient (Wildman–Crippen LogP) is 2.67. The van der Waals surface area contributed by atoms with Crippen LogP contribution in [0.1, 0.15) is 31.2 Å². The first-order valence-electron chi connectivity index (χ1n) is 7.70. The third kappa shape index (κ3) is 3.69. The van der Waals surface area contributed by atoms with Crippen LogP contribution < -0.4 is 14.8 Å². The molecule has 4 nitrogen and oxygen atoms in total. The molecule has 0 bridgehead atoms. The fraction of sp³-hybridized carbons (Fsp3) is 0.647. The van der Waals surface area contributed by atoms with Crippen molar-refractivity contribution in [3.05, 3.63) is 23.8 Å². The maximum absolute atomic E-state index is 5.45. The van der Waals surface area contributed by atoms with Gasteiger partial charge in [0.2, 0.25) is 0 Å². The van der Waals surface area contributed by atoms with Gasteiger partial charge in [0.15, 0.2) is 0 Å². The zero-order valence-electron chi connectivity index (χ0n) is 13.7. The summed E-state index contributed by atoms with van der Waals surface area (Å²) in [7, 11) is 7.77. The summed E-state index contributed by atoms with van der Waals surface area (Å²) in [5.74, 6) is 1.71. The van der Waals surface area contributed by atoms with E-state index in [0.717, 1.165) is 24.6 Å². The van der Waals surface area contributed by atoms with Gasteiger partial charge >= 0.3 is 0 Å². The van der Waals surface area contributed by atoms with Crippen molar-refractivity contribution in [2.45, 2.75) is 37.8 Å². The fourth-order valence-electron chi connectivity index (χ4n) is 3.24. The van der Waals surface area contributed by atoms with Crippen molar-refractivity contribution in [1.82, 2.24) is 10.2 Å². The molecule has 4 heteroatoms. The Morgan fingerprint density at radius 3 is 2.43 bits per heavy atom. The van der Waals surface area contributed by atoms with E-state index in [0.29, 0.717) is 5.54 Å². The molecule has 0 radical (unpaired) electrons. The van der Waals surface area contributed by atoms with Gasteiger partial charge in [0, 0.05) is 30.3 Å². The van der Waals surface area contributed by atoms with Gasteiger partial charge in [0.25, 0.3) is 0 Å². The Kier molecular flexibility index (Phi) is 5.48. The van der Waals surface area contributed by atoms with Crippen molar-refractivity contribution in [3.8, 4) is 11.5 Å². The minimum Gasteiger partial charge on any atom is -0.497 e. The summed E-state index contributed by atoms with van der Waals surface area (Å²) in [5, 5.41) is 3.62. The van der Waals surface area contributed by atoms with Crippen LogP contribution in [-0.4, -0.2) is 45.3 Å². The monoisotopic (exact) mass is 292 g/mol. The smallest absolute Gasteiger partial charge is 0.127 e. The molecule has 0 atom stereocenters. The molecule has 0 aromatic heterocycles. The molecule has 1 N–H and O–H groups in total. The van der Waals surface area contributed by atoms with Crippen LogP contribution in [-0.2, 0) is 6.54 Å². The van der Waals surface area contributed by atoms with E-state index >= 15 is 0 Å². The molecule has 1 fully saturated rings. The van der Waals surface area contributed by atoms with Crippen molar-refractivity contribution < 1.29 is 9.47 Å². The van der Waals surface area contributed by atoms with Gasteiger partial charge < -0.3 is 19.7 Å². The molecule has 1 saturated carbocycles. The van der Waals surface area contributed by atoms with E-state index in [9.17, 15) is 0 Å². The number of rotatable bonds is 7. The van der Waals surface area contributed by atoms with Crippen LogP contribution >= 0.6 is 0 Å². The number of nitrogens with one attached hydrogen (secondary N) is 1. The molecule has 1 aliphatic rings. The third-order valence-electron chi connectivity index (χ3n) is 4.75. The average Bonchev–Trinajstić information content (AvgIpc) is 2.97. The standard InChI is InChI=1S/C17H28N2O2/c1-19(2)17(9-5-6-10-17)13-18-12-14-7-8-15(20-3)11-16(14)21-4/h7-8,11,18H,5-6,9-10,12-13H2,1-4H3. The molecule has 2 rings (SSSR count). The van der Waals surface area contributed by atoms with Gasteiger partial charge in [-0.25, -0.2) is 0 Å². The van der Waals surface area contributed by atoms with Crippen LogP contribution in [0.15, 0.2) is 18.2 Å². The van der Waals surface area contributed by atoms with Crippen molar-refractivity contribution >= 4 is 0 Å². The second-order valence-corrected chi connectivity index (χ2v) is 6.11. The first-order valence-corrected chi connectivity index (χ1v) is 7.70. The number of likely N-dealkylation sites (N-methyl/N-ethyl adjacent to an activating group) is 1. The van der Waals surface area contributed by atoms with Gasteiger partial charge in [-0.2, -0.15) is 0 Å². The highest BCUT2D eigenvalue weighted by Crippen LogP contribution is 2.33. The van der Waals surface area contributed by atoms with Gasteiger partial charge in [0.05, 0.1) is 14.2 Å². The minimum atomic E-state index is 0.319. The SMILES string of the molecule is COc1ccc(CNCC2(N(C)C)CCCC2)c(OC)c1. The Bertz CT molecular complexity index is 454. The topological polar surface area (TPSA) is 33.7 Å². The molecule has 0 amide bonds. The number of hydrogen-bond acceptors (Lipinski definition) is 4. The number of methoxy groups -OCH3 is 2. The molecule has 0 heterocycles. The van der Waals surface area contributed by atoms with Gasteiger partial charge in [-0.3, -0.25) is 0 Å². The van der Waals surface area contributed by atoms with Gasteiger partial charge in [-0.15, -0.1) is 0 Å². The van der Waals surface area contributed by atoms with Crippen LogP contribution in [0, 0.1) is 0 Å². The Morgan fingerprint density at radius 1 is 1.14 bits per heavy atom. The van der Waals surface area contributed by atoms with E-state index < -0.39 is 0 Å². The number of hydrogen-bond donors (Lipinski definition) is 1. The molecule has 0 spiro atoms. The molecular weight excluding hydrogens is 264 g/mol. The van der Waals surface area contributed by atoms with Crippen LogP contribution in [0.5, 0.6) is 11.5 Å². The summed E-state index contributed by atoms with van der Waals surface area (Å²) < 4.78 is 10.7. The Morgan fingerprint density at radius 2 is 1.86 bits per heavy atom. The van der Waals surface area contributed by atoms with E-state index in [-0.39, 0.29) is 0 Å². The third-order valence-corrected chi connectivity index (χ3v) is 4.75. The normalized spacial score (nSPS) is 17.2. The van der Waals surface area contributed by atoms with Crippen molar-refractivity contribution in [1.29, 1.82) is 0 Å². The molecule has 1 aromatic carbocycles. The molecule has 0 saturated heterocycles. The molecule has 1 aromatic rings. The molecule has 0 aliphatic heterocycles. The lowest BCUT2D eigenvalue weighted by Crippen LogP contribution is -2.49. The average molecular weight is 292 g/mol. The van der Waals surface area contributed by atoms with E-state index in [1.54, 1.807) is 14.2 Å². The van der Waals surface area contributed by atoms with Crippen LogP contribution in [0.4, 0.5) is 0 Å². The zero-order valence-corrected chi connectivity index (χ0v) is 13.7. The van der Waals surface area contributed by atoms with E-state index in [2.05, 4.69) is 30.4 Å². The van der Waals surface area contributed by atoms with E-state index in [1.165, 1.54) is 31.2 Å². The zero-order chi connectivity index (χ0) is 15.3. The van der Waals surface area contributed by atoms with Gasteiger partial charge in [-0.1, -0.05) is 18.9 Å².